The summed E-state index contributed by atoms with van der Waals surface area (Å²) in [5.41, 5.74) is 9.70. The van der Waals surface area contributed by atoms with E-state index >= 15 is 0 Å². The second-order valence-electron chi connectivity index (χ2n) is 4.86. The first-order valence-electron chi connectivity index (χ1n) is 6.45. The van der Waals surface area contributed by atoms with E-state index in [0.717, 1.165) is 25.1 Å². The maximum Gasteiger partial charge on any atom is 0.248 e. The number of amides is 1. The molecule has 2 N–H and O–H groups in total. The van der Waals surface area contributed by atoms with Gasteiger partial charge in [0.2, 0.25) is 5.91 Å². The largest absolute Gasteiger partial charge is 0.367 e. The van der Waals surface area contributed by atoms with Crippen LogP contribution in [0.2, 0.25) is 0 Å². The number of carbonyl (C=O) groups excluding carboxylic acids is 1. The molecule has 3 rings (SSSR count). The molecule has 1 heterocycles. The molecule has 0 aromatic heterocycles. The van der Waals surface area contributed by atoms with Crippen molar-refractivity contribution in [1.29, 1.82) is 0 Å². The Morgan fingerprint density at radius 1 is 1.16 bits per heavy atom. The Labute approximate surface area is 112 Å². The summed E-state index contributed by atoms with van der Waals surface area (Å²) in [5.74, 6) is -0.372. The Hall–Kier alpha value is -2.29. The number of hydrogen-bond donors (Lipinski definition) is 1. The number of nitrogens with zero attached hydrogens (tertiary/aromatic N) is 1. The molecule has 1 aliphatic rings. The van der Waals surface area contributed by atoms with Gasteiger partial charge in [0.1, 0.15) is 0 Å². The first-order chi connectivity index (χ1) is 9.24. The minimum absolute atomic E-state index is 0.372. The Morgan fingerprint density at radius 2 is 2.00 bits per heavy atom. The Balaban J connectivity index is 1.83. The van der Waals surface area contributed by atoms with Gasteiger partial charge >= 0.3 is 0 Å². The number of carbonyl (C=O) groups is 1. The number of para-hydroxylation sites is 1. The molecular formula is C16H16N2O. The molecule has 0 atom stereocenters. The smallest absolute Gasteiger partial charge is 0.248 e. The third kappa shape index (κ3) is 2.32. The van der Waals surface area contributed by atoms with Crippen LogP contribution in [0.1, 0.15) is 21.5 Å². The van der Waals surface area contributed by atoms with Crippen LogP contribution < -0.4 is 10.6 Å². The van der Waals surface area contributed by atoms with Crippen molar-refractivity contribution >= 4 is 11.6 Å². The summed E-state index contributed by atoms with van der Waals surface area (Å²) in [5, 5.41) is 0. The van der Waals surface area contributed by atoms with Gasteiger partial charge in [0.25, 0.3) is 0 Å². The van der Waals surface area contributed by atoms with Crippen molar-refractivity contribution in [2.45, 2.75) is 13.0 Å². The van der Waals surface area contributed by atoms with Crippen LogP contribution in [0.25, 0.3) is 0 Å². The lowest BCUT2D eigenvalue weighted by Gasteiger charge is -2.19. The molecule has 0 saturated heterocycles. The van der Waals surface area contributed by atoms with Crippen LogP contribution in [0.3, 0.4) is 0 Å². The van der Waals surface area contributed by atoms with Crippen LogP contribution in [0.15, 0.2) is 48.5 Å². The second kappa shape index (κ2) is 4.76. The molecular weight excluding hydrogens is 236 g/mol. The van der Waals surface area contributed by atoms with Gasteiger partial charge < -0.3 is 10.6 Å². The van der Waals surface area contributed by atoms with E-state index in [1.54, 1.807) is 6.07 Å². The van der Waals surface area contributed by atoms with Gasteiger partial charge in [-0.1, -0.05) is 30.3 Å². The third-order valence-corrected chi connectivity index (χ3v) is 3.57. The lowest BCUT2D eigenvalue weighted by molar-refractivity contribution is 0.1000. The quantitative estimate of drug-likeness (QED) is 0.911. The molecule has 0 spiro atoms. The summed E-state index contributed by atoms with van der Waals surface area (Å²) in [4.78, 5) is 13.5. The van der Waals surface area contributed by atoms with Crippen molar-refractivity contribution in [3.05, 3.63) is 65.2 Å². The van der Waals surface area contributed by atoms with E-state index in [0.29, 0.717) is 5.56 Å². The number of primary amides is 1. The minimum Gasteiger partial charge on any atom is -0.367 e. The summed E-state index contributed by atoms with van der Waals surface area (Å²) in [7, 11) is 0. The van der Waals surface area contributed by atoms with Crippen molar-refractivity contribution in [1.82, 2.24) is 0 Å². The molecule has 0 unspecified atom stereocenters. The molecule has 96 valence electrons. The highest BCUT2D eigenvalue weighted by atomic mass is 16.1. The van der Waals surface area contributed by atoms with Crippen LogP contribution in [0.5, 0.6) is 0 Å². The summed E-state index contributed by atoms with van der Waals surface area (Å²) in [6.07, 6.45) is 1.09. The summed E-state index contributed by atoms with van der Waals surface area (Å²) < 4.78 is 0. The van der Waals surface area contributed by atoms with E-state index < -0.39 is 0 Å². The van der Waals surface area contributed by atoms with Gasteiger partial charge in [-0.3, -0.25) is 4.79 Å². The average molecular weight is 252 g/mol. The second-order valence-corrected chi connectivity index (χ2v) is 4.86. The van der Waals surface area contributed by atoms with Crippen LogP contribution in [-0.4, -0.2) is 12.5 Å². The van der Waals surface area contributed by atoms with E-state index in [-0.39, 0.29) is 5.91 Å². The molecule has 2 aromatic carbocycles. The number of benzene rings is 2. The van der Waals surface area contributed by atoms with E-state index in [1.165, 1.54) is 11.3 Å². The minimum atomic E-state index is -0.372. The molecule has 0 aliphatic carbocycles. The van der Waals surface area contributed by atoms with E-state index in [2.05, 4.69) is 29.2 Å². The third-order valence-electron chi connectivity index (χ3n) is 3.57. The molecule has 3 nitrogen and oxygen atoms in total. The van der Waals surface area contributed by atoms with Crippen molar-refractivity contribution in [2.24, 2.45) is 5.73 Å². The van der Waals surface area contributed by atoms with Crippen LogP contribution in [-0.2, 0) is 13.0 Å². The SMILES string of the molecule is NC(=O)c1cccc(CN2CCc3ccccc32)c1. The van der Waals surface area contributed by atoms with Crippen molar-refractivity contribution in [2.75, 3.05) is 11.4 Å². The summed E-state index contributed by atoms with van der Waals surface area (Å²) in [6.45, 7) is 1.85. The van der Waals surface area contributed by atoms with Crippen molar-refractivity contribution in [3.63, 3.8) is 0 Å². The lowest BCUT2D eigenvalue weighted by Crippen LogP contribution is -2.20. The maximum absolute atomic E-state index is 11.2. The molecule has 0 saturated carbocycles. The predicted molar refractivity (Wildman–Crippen MR) is 76.2 cm³/mol. The molecule has 0 fully saturated rings. The number of rotatable bonds is 3. The van der Waals surface area contributed by atoms with Crippen LogP contribution in [0.4, 0.5) is 5.69 Å². The monoisotopic (exact) mass is 252 g/mol. The Morgan fingerprint density at radius 3 is 2.84 bits per heavy atom. The first-order valence-corrected chi connectivity index (χ1v) is 6.45. The number of nitrogens with two attached hydrogens (primary N) is 1. The standard InChI is InChI=1S/C16H16N2O/c17-16(19)14-6-3-4-12(10-14)11-18-9-8-13-5-1-2-7-15(13)18/h1-7,10H,8-9,11H2,(H2,17,19). The van der Waals surface area contributed by atoms with E-state index in [9.17, 15) is 4.79 Å². The Bertz CT molecular complexity index is 622. The van der Waals surface area contributed by atoms with E-state index in [1.807, 2.05) is 18.2 Å². The zero-order valence-electron chi connectivity index (χ0n) is 10.7. The summed E-state index contributed by atoms with van der Waals surface area (Å²) in [6, 6.07) is 16.0. The first kappa shape index (κ1) is 11.8. The van der Waals surface area contributed by atoms with Gasteiger partial charge in [-0.05, 0) is 35.7 Å². The molecule has 0 radical (unpaired) electrons. The van der Waals surface area contributed by atoms with Crippen molar-refractivity contribution < 1.29 is 4.79 Å². The zero-order chi connectivity index (χ0) is 13.2. The predicted octanol–water partition coefficient (Wildman–Crippen LogP) is 2.35. The van der Waals surface area contributed by atoms with Gasteiger partial charge in [0.05, 0.1) is 0 Å². The fraction of sp³-hybridized carbons (Fsp3) is 0.188. The summed E-state index contributed by atoms with van der Waals surface area (Å²) >= 11 is 0. The van der Waals surface area contributed by atoms with Gasteiger partial charge in [-0.25, -0.2) is 0 Å². The fourth-order valence-corrected chi connectivity index (χ4v) is 2.61. The molecule has 2 aromatic rings. The molecule has 0 bridgehead atoms. The number of fused-ring (bicyclic) bond motifs is 1. The topological polar surface area (TPSA) is 46.3 Å². The maximum atomic E-state index is 11.2. The van der Waals surface area contributed by atoms with Gasteiger partial charge in [0, 0.05) is 24.3 Å². The highest BCUT2D eigenvalue weighted by molar-refractivity contribution is 5.92. The average Bonchev–Trinajstić information content (AvgIpc) is 2.83. The fourth-order valence-electron chi connectivity index (χ4n) is 2.61. The number of hydrogen-bond acceptors (Lipinski definition) is 2. The number of anilines is 1. The molecule has 1 amide bonds. The van der Waals surface area contributed by atoms with Gasteiger partial charge in [-0.2, -0.15) is 0 Å². The zero-order valence-corrected chi connectivity index (χ0v) is 10.7. The Kier molecular flexibility index (Phi) is 2.95. The van der Waals surface area contributed by atoms with Crippen molar-refractivity contribution in [3.8, 4) is 0 Å². The normalized spacial score (nSPS) is 13.4. The molecule has 19 heavy (non-hydrogen) atoms. The van der Waals surface area contributed by atoms with Crippen LogP contribution >= 0.6 is 0 Å². The van der Waals surface area contributed by atoms with Gasteiger partial charge in [0.15, 0.2) is 0 Å². The van der Waals surface area contributed by atoms with Crippen LogP contribution in [0, 0.1) is 0 Å². The molecule has 1 aliphatic heterocycles. The highest BCUT2D eigenvalue weighted by Gasteiger charge is 2.18. The highest BCUT2D eigenvalue weighted by Crippen LogP contribution is 2.28. The van der Waals surface area contributed by atoms with Gasteiger partial charge in [-0.15, -0.1) is 0 Å². The van der Waals surface area contributed by atoms with E-state index in [4.69, 9.17) is 5.73 Å². The lowest BCUT2D eigenvalue weighted by atomic mass is 10.1. The molecule has 3 heteroatoms.